The number of para-hydroxylation sites is 1. The van der Waals surface area contributed by atoms with Crippen molar-refractivity contribution in [1.29, 1.82) is 0 Å². The standard InChI is InChI=1S/C20H28N4O3.ClH/c1-14-4-3-5-15(2)19(14)23-11-10-22-12-17(25)13-27-18-8-6-16(7-9-18)24-20(21)26;/h3-9,17,22-23,25H,10-13H2,1-2H3,(H3,21,24,26);1H. The van der Waals surface area contributed by atoms with Crippen LogP contribution in [0.3, 0.4) is 0 Å². The second-order valence-electron chi connectivity index (χ2n) is 6.38. The van der Waals surface area contributed by atoms with Gasteiger partial charge in [-0.3, -0.25) is 0 Å². The van der Waals surface area contributed by atoms with E-state index in [0.29, 0.717) is 18.0 Å². The fourth-order valence-corrected chi connectivity index (χ4v) is 2.67. The number of aliphatic hydroxyl groups is 1. The van der Waals surface area contributed by atoms with Crippen LogP contribution >= 0.6 is 12.4 Å². The number of aliphatic hydroxyl groups excluding tert-OH is 1. The molecule has 0 spiro atoms. The third kappa shape index (κ3) is 8.04. The van der Waals surface area contributed by atoms with E-state index in [1.54, 1.807) is 24.3 Å². The zero-order valence-corrected chi connectivity index (χ0v) is 17.0. The first-order valence-corrected chi connectivity index (χ1v) is 8.94. The highest BCUT2D eigenvalue weighted by Crippen LogP contribution is 2.18. The quantitative estimate of drug-likeness (QED) is 0.388. The van der Waals surface area contributed by atoms with Gasteiger partial charge in [-0.15, -0.1) is 12.4 Å². The average molecular weight is 409 g/mol. The van der Waals surface area contributed by atoms with Gasteiger partial charge >= 0.3 is 6.03 Å². The molecule has 2 rings (SSSR count). The maximum absolute atomic E-state index is 10.8. The van der Waals surface area contributed by atoms with Crippen molar-refractivity contribution in [2.24, 2.45) is 5.73 Å². The molecule has 0 aromatic heterocycles. The molecule has 2 amide bonds. The second kappa shape index (κ2) is 12.1. The summed E-state index contributed by atoms with van der Waals surface area (Å²) in [6.45, 7) is 6.29. The predicted octanol–water partition coefficient (Wildman–Crippen LogP) is 2.66. The molecule has 0 saturated carbocycles. The van der Waals surface area contributed by atoms with Crippen LogP contribution in [-0.2, 0) is 0 Å². The summed E-state index contributed by atoms with van der Waals surface area (Å²) in [4.78, 5) is 10.8. The molecule has 0 aliphatic carbocycles. The molecule has 6 N–H and O–H groups in total. The van der Waals surface area contributed by atoms with Crippen molar-refractivity contribution in [2.75, 3.05) is 36.9 Å². The van der Waals surface area contributed by atoms with Crippen molar-refractivity contribution < 1.29 is 14.6 Å². The van der Waals surface area contributed by atoms with Gasteiger partial charge in [0, 0.05) is 31.0 Å². The largest absolute Gasteiger partial charge is 0.491 e. The van der Waals surface area contributed by atoms with Crippen LogP contribution in [0.25, 0.3) is 0 Å². The molecule has 7 nitrogen and oxygen atoms in total. The van der Waals surface area contributed by atoms with Crippen molar-refractivity contribution in [3.05, 3.63) is 53.6 Å². The van der Waals surface area contributed by atoms with Gasteiger partial charge in [-0.1, -0.05) is 18.2 Å². The monoisotopic (exact) mass is 408 g/mol. The molecule has 1 unspecified atom stereocenters. The Morgan fingerprint density at radius 2 is 1.75 bits per heavy atom. The smallest absolute Gasteiger partial charge is 0.316 e. The first kappa shape index (κ1) is 23.6. The Kier molecular flexibility index (Phi) is 10.2. The minimum absolute atomic E-state index is 0. The summed E-state index contributed by atoms with van der Waals surface area (Å²) < 4.78 is 5.54. The Hall–Kier alpha value is -2.48. The number of amides is 2. The average Bonchev–Trinajstić information content (AvgIpc) is 2.62. The molecule has 0 heterocycles. The number of rotatable bonds is 10. The number of ether oxygens (including phenoxy) is 1. The summed E-state index contributed by atoms with van der Waals surface area (Å²) in [5.74, 6) is 0.612. The summed E-state index contributed by atoms with van der Waals surface area (Å²) in [6.07, 6.45) is -0.617. The van der Waals surface area contributed by atoms with Crippen LogP contribution in [0.2, 0.25) is 0 Å². The van der Waals surface area contributed by atoms with Gasteiger partial charge in [-0.25, -0.2) is 4.79 Å². The number of halogens is 1. The van der Waals surface area contributed by atoms with E-state index in [4.69, 9.17) is 10.5 Å². The molecule has 28 heavy (non-hydrogen) atoms. The van der Waals surface area contributed by atoms with E-state index in [2.05, 4.69) is 41.9 Å². The lowest BCUT2D eigenvalue weighted by molar-refractivity contribution is 0.107. The van der Waals surface area contributed by atoms with Gasteiger partial charge in [0.15, 0.2) is 0 Å². The van der Waals surface area contributed by atoms with Gasteiger partial charge < -0.3 is 31.5 Å². The normalized spacial score (nSPS) is 11.2. The van der Waals surface area contributed by atoms with Crippen LogP contribution in [0, 0.1) is 13.8 Å². The number of benzene rings is 2. The number of carbonyl (C=O) groups excluding carboxylic acids is 1. The number of nitrogens with two attached hydrogens (primary N) is 1. The highest BCUT2D eigenvalue weighted by atomic mass is 35.5. The van der Waals surface area contributed by atoms with Gasteiger partial charge in [0.1, 0.15) is 18.5 Å². The summed E-state index contributed by atoms with van der Waals surface area (Å²) in [5.41, 5.74) is 9.25. The lowest BCUT2D eigenvalue weighted by atomic mass is 10.1. The van der Waals surface area contributed by atoms with Crippen LogP contribution < -0.4 is 26.4 Å². The zero-order chi connectivity index (χ0) is 19.6. The lowest BCUT2D eigenvalue weighted by Gasteiger charge is -2.15. The molecule has 0 fully saturated rings. The van der Waals surface area contributed by atoms with Crippen LogP contribution in [0.5, 0.6) is 5.75 Å². The third-order valence-electron chi connectivity index (χ3n) is 4.03. The van der Waals surface area contributed by atoms with Crippen LogP contribution in [-0.4, -0.2) is 43.5 Å². The first-order valence-electron chi connectivity index (χ1n) is 8.94. The fraction of sp³-hybridized carbons (Fsp3) is 0.350. The number of urea groups is 1. The van der Waals surface area contributed by atoms with E-state index in [9.17, 15) is 9.90 Å². The Morgan fingerprint density at radius 1 is 1.11 bits per heavy atom. The number of nitrogens with one attached hydrogen (secondary N) is 3. The van der Waals surface area contributed by atoms with Gasteiger partial charge in [0.05, 0.1) is 0 Å². The van der Waals surface area contributed by atoms with Crippen molar-refractivity contribution in [3.63, 3.8) is 0 Å². The van der Waals surface area contributed by atoms with Crippen LogP contribution in [0.4, 0.5) is 16.2 Å². The Labute approximate surface area is 172 Å². The molecule has 2 aromatic rings. The molecule has 0 saturated heterocycles. The van der Waals surface area contributed by atoms with Crippen molar-refractivity contribution >= 4 is 29.8 Å². The molecule has 154 valence electrons. The fourth-order valence-electron chi connectivity index (χ4n) is 2.67. The van der Waals surface area contributed by atoms with Gasteiger partial charge in [0.2, 0.25) is 0 Å². The Bertz CT molecular complexity index is 720. The summed E-state index contributed by atoms with van der Waals surface area (Å²) in [7, 11) is 0. The van der Waals surface area contributed by atoms with E-state index >= 15 is 0 Å². The molecule has 2 aromatic carbocycles. The second-order valence-corrected chi connectivity index (χ2v) is 6.38. The molecule has 8 heteroatoms. The summed E-state index contributed by atoms with van der Waals surface area (Å²) in [6, 6.07) is 12.4. The van der Waals surface area contributed by atoms with E-state index in [1.165, 1.54) is 11.1 Å². The Morgan fingerprint density at radius 3 is 2.36 bits per heavy atom. The molecule has 0 aliphatic rings. The summed E-state index contributed by atoms with van der Waals surface area (Å²) in [5, 5.41) is 19.1. The first-order chi connectivity index (χ1) is 13.0. The SMILES string of the molecule is Cc1cccc(C)c1NCCNCC(O)COc1ccc(NC(N)=O)cc1.Cl. The molecular formula is C20H29ClN4O3. The Balaban J connectivity index is 0.00000392. The maximum Gasteiger partial charge on any atom is 0.316 e. The van der Waals surface area contributed by atoms with Crippen molar-refractivity contribution in [2.45, 2.75) is 20.0 Å². The van der Waals surface area contributed by atoms with E-state index in [1.807, 2.05) is 6.07 Å². The van der Waals surface area contributed by atoms with Gasteiger partial charge in [-0.05, 0) is 49.2 Å². The molecule has 0 aliphatic heterocycles. The zero-order valence-electron chi connectivity index (χ0n) is 16.2. The predicted molar refractivity (Wildman–Crippen MR) is 116 cm³/mol. The number of aryl methyl sites for hydroxylation is 2. The molecule has 1 atom stereocenters. The van der Waals surface area contributed by atoms with E-state index < -0.39 is 12.1 Å². The third-order valence-corrected chi connectivity index (χ3v) is 4.03. The van der Waals surface area contributed by atoms with E-state index in [-0.39, 0.29) is 19.0 Å². The number of hydrogen-bond donors (Lipinski definition) is 5. The minimum Gasteiger partial charge on any atom is -0.491 e. The number of anilines is 2. The number of hydrogen-bond acceptors (Lipinski definition) is 5. The topological polar surface area (TPSA) is 109 Å². The van der Waals surface area contributed by atoms with Crippen LogP contribution in [0.15, 0.2) is 42.5 Å². The molecule has 0 bridgehead atoms. The van der Waals surface area contributed by atoms with Gasteiger partial charge in [0.25, 0.3) is 0 Å². The number of primary amides is 1. The minimum atomic E-state index is -0.617. The van der Waals surface area contributed by atoms with Gasteiger partial charge in [-0.2, -0.15) is 0 Å². The molecular weight excluding hydrogens is 380 g/mol. The maximum atomic E-state index is 10.8. The van der Waals surface area contributed by atoms with E-state index in [0.717, 1.165) is 18.8 Å². The lowest BCUT2D eigenvalue weighted by Crippen LogP contribution is -2.34. The van der Waals surface area contributed by atoms with Crippen LogP contribution in [0.1, 0.15) is 11.1 Å². The molecule has 0 radical (unpaired) electrons. The van der Waals surface area contributed by atoms with Crippen molar-refractivity contribution in [1.82, 2.24) is 5.32 Å². The highest BCUT2D eigenvalue weighted by Gasteiger charge is 2.06. The summed E-state index contributed by atoms with van der Waals surface area (Å²) >= 11 is 0. The highest BCUT2D eigenvalue weighted by molar-refractivity contribution is 5.87. The number of carbonyl (C=O) groups is 1. The van der Waals surface area contributed by atoms with Crippen molar-refractivity contribution in [3.8, 4) is 5.75 Å².